The van der Waals surface area contributed by atoms with E-state index in [0.29, 0.717) is 0 Å². The zero-order valence-electron chi connectivity index (χ0n) is 23.8. The lowest BCUT2D eigenvalue weighted by atomic mass is 10.2. The van der Waals surface area contributed by atoms with Crippen LogP contribution >= 0.6 is 0 Å². The van der Waals surface area contributed by atoms with E-state index in [-0.39, 0.29) is 37.9 Å². The van der Waals surface area contributed by atoms with Crippen LogP contribution in [0.1, 0.15) is 32.8 Å². The van der Waals surface area contributed by atoms with Crippen molar-refractivity contribution in [1.82, 2.24) is 10.6 Å². The number of carbonyl (C=O) groups excluding carboxylic acids is 3. The molecule has 0 aromatic heterocycles. The van der Waals surface area contributed by atoms with Crippen LogP contribution < -0.4 is 10.6 Å². The molecule has 0 unspecified atom stereocenters. The molecule has 216 valence electrons. The molecule has 38 heavy (non-hydrogen) atoms. The predicted octanol–water partition coefficient (Wildman–Crippen LogP) is 2.99. The van der Waals surface area contributed by atoms with Gasteiger partial charge < -0.3 is 38.7 Å². The van der Waals surface area contributed by atoms with Crippen LogP contribution in [-0.2, 0) is 44.3 Å². The van der Waals surface area contributed by atoms with Crippen molar-refractivity contribution in [2.24, 2.45) is 0 Å². The van der Waals surface area contributed by atoms with Crippen LogP contribution in [0, 0.1) is 0 Å². The summed E-state index contributed by atoms with van der Waals surface area (Å²) in [5.41, 5.74) is 0.804. The van der Waals surface area contributed by atoms with Gasteiger partial charge in [0.25, 0.3) is 0 Å². The summed E-state index contributed by atoms with van der Waals surface area (Å²) in [5.74, 6) is -1.30. The molecular weight excluding hydrogens is 512 g/mol. The molecule has 0 aliphatic rings. The van der Waals surface area contributed by atoms with E-state index in [1.165, 1.54) is 21.3 Å². The minimum atomic E-state index is -2.09. The molecule has 0 aliphatic heterocycles. The van der Waals surface area contributed by atoms with Crippen LogP contribution in [0.2, 0.25) is 18.1 Å². The maximum absolute atomic E-state index is 13.2. The van der Waals surface area contributed by atoms with Gasteiger partial charge in [-0.25, -0.2) is 9.59 Å². The van der Waals surface area contributed by atoms with Gasteiger partial charge in [0.05, 0.1) is 20.3 Å². The summed E-state index contributed by atoms with van der Waals surface area (Å²) in [6.07, 6.45) is -1.23. The van der Waals surface area contributed by atoms with E-state index >= 15 is 0 Å². The van der Waals surface area contributed by atoms with Gasteiger partial charge in [-0.1, -0.05) is 51.1 Å². The van der Waals surface area contributed by atoms with Gasteiger partial charge in [0.15, 0.2) is 20.6 Å². The SMILES string of the molecule is COC(=O)[C@H](COCC(OC)OC)NC(=O)[C@H](CCO[Si](C)(C)C(C)(C)C)NC(=O)OCc1ccccc1. The van der Waals surface area contributed by atoms with Gasteiger partial charge in [-0.15, -0.1) is 0 Å². The predicted molar refractivity (Wildman–Crippen MR) is 144 cm³/mol. The van der Waals surface area contributed by atoms with E-state index in [1.807, 2.05) is 30.3 Å². The van der Waals surface area contributed by atoms with E-state index in [4.69, 9.17) is 28.1 Å². The number of alkyl carbamates (subject to hydrolysis) is 1. The van der Waals surface area contributed by atoms with Crippen molar-refractivity contribution in [2.45, 2.75) is 70.3 Å². The third-order valence-electron chi connectivity index (χ3n) is 6.36. The van der Waals surface area contributed by atoms with Crippen molar-refractivity contribution in [2.75, 3.05) is 41.2 Å². The Hall–Kier alpha value is -2.51. The molecule has 1 aromatic rings. The Morgan fingerprint density at radius 1 is 0.921 bits per heavy atom. The smallest absolute Gasteiger partial charge is 0.408 e. The van der Waals surface area contributed by atoms with Crippen LogP contribution in [0.4, 0.5) is 4.79 Å². The quantitative estimate of drug-likeness (QED) is 0.179. The van der Waals surface area contributed by atoms with Crippen LogP contribution in [0.15, 0.2) is 30.3 Å². The fourth-order valence-electron chi connectivity index (χ4n) is 2.92. The average molecular weight is 557 g/mol. The Morgan fingerprint density at radius 2 is 1.55 bits per heavy atom. The van der Waals surface area contributed by atoms with Gasteiger partial charge in [0, 0.05) is 20.8 Å². The third kappa shape index (κ3) is 11.9. The molecule has 0 saturated carbocycles. The number of hydrogen-bond donors (Lipinski definition) is 2. The lowest BCUT2D eigenvalue weighted by molar-refractivity contribution is -0.155. The van der Waals surface area contributed by atoms with Gasteiger partial charge in [0.1, 0.15) is 12.6 Å². The van der Waals surface area contributed by atoms with Crippen LogP contribution in [0.3, 0.4) is 0 Å². The number of benzene rings is 1. The zero-order chi connectivity index (χ0) is 28.8. The van der Waals surface area contributed by atoms with E-state index < -0.39 is 44.7 Å². The summed E-state index contributed by atoms with van der Waals surface area (Å²) in [7, 11) is 2.02. The van der Waals surface area contributed by atoms with Crippen molar-refractivity contribution >= 4 is 26.3 Å². The molecule has 0 spiro atoms. The second-order valence-electron chi connectivity index (χ2n) is 10.2. The summed E-state index contributed by atoms with van der Waals surface area (Å²) in [6.45, 7) is 10.7. The van der Waals surface area contributed by atoms with Crippen molar-refractivity contribution in [1.29, 1.82) is 0 Å². The number of nitrogens with one attached hydrogen (secondary N) is 2. The first kappa shape index (κ1) is 33.5. The maximum atomic E-state index is 13.2. The zero-order valence-corrected chi connectivity index (χ0v) is 24.8. The van der Waals surface area contributed by atoms with Crippen molar-refractivity contribution in [3.05, 3.63) is 35.9 Å². The van der Waals surface area contributed by atoms with E-state index in [2.05, 4.69) is 44.5 Å². The van der Waals surface area contributed by atoms with E-state index in [0.717, 1.165) is 5.56 Å². The highest BCUT2D eigenvalue weighted by Crippen LogP contribution is 2.36. The van der Waals surface area contributed by atoms with Crippen molar-refractivity contribution in [3.8, 4) is 0 Å². The first-order valence-electron chi connectivity index (χ1n) is 12.5. The van der Waals surface area contributed by atoms with Crippen LogP contribution in [0.5, 0.6) is 0 Å². The maximum Gasteiger partial charge on any atom is 0.408 e. The molecule has 0 heterocycles. The molecule has 1 aromatic carbocycles. The molecule has 0 fully saturated rings. The highest BCUT2D eigenvalue weighted by Gasteiger charge is 2.37. The second kappa shape index (κ2) is 16.4. The molecule has 1 rings (SSSR count). The number of methoxy groups -OCH3 is 3. The summed E-state index contributed by atoms with van der Waals surface area (Å²) >= 11 is 0. The summed E-state index contributed by atoms with van der Waals surface area (Å²) < 4.78 is 31.9. The largest absolute Gasteiger partial charge is 0.467 e. The highest BCUT2D eigenvalue weighted by molar-refractivity contribution is 6.74. The molecule has 11 nitrogen and oxygen atoms in total. The Morgan fingerprint density at radius 3 is 2.11 bits per heavy atom. The third-order valence-corrected chi connectivity index (χ3v) is 10.9. The molecule has 0 saturated heterocycles. The fourth-order valence-corrected chi connectivity index (χ4v) is 3.98. The number of carbonyl (C=O) groups is 3. The lowest BCUT2D eigenvalue weighted by Gasteiger charge is -2.36. The normalized spacial score (nSPS) is 13.5. The standard InChI is InChI=1S/C26H44N2O9Si/c1-26(2,3)38(7,8)37-15-14-20(28-25(31)36-16-19-12-10-9-11-13-19)23(29)27-21(24(30)34-6)17-35-18-22(32-4)33-5/h9-13,20-22H,14-18H2,1-8H3,(H,27,29)(H,28,31)/t20-,21-/m0/s1. The molecule has 2 atom stereocenters. The number of esters is 1. The molecule has 2 N–H and O–H groups in total. The van der Waals surface area contributed by atoms with Crippen LogP contribution in [-0.4, -0.2) is 85.8 Å². The Labute approximate surface area is 227 Å². The Balaban J connectivity index is 2.89. The Kier molecular flexibility index (Phi) is 14.5. The summed E-state index contributed by atoms with van der Waals surface area (Å²) in [5, 5.41) is 5.17. The fraction of sp³-hybridized carbons (Fsp3) is 0.654. The van der Waals surface area contributed by atoms with Gasteiger partial charge in [-0.05, 0) is 30.1 Å². The number of hydrogen-bond acceptors (Lipinski definition) is 9. The second-order valence-corrected chi connectivity index (χ2v) is 15.0. The Bertz CT molecular complexity index is 858. The molecule has 0 aliphatic carbocycles. The van der Waals surface area contributed by atoms with Crippen molar-refractivity contribution < 1.29 is 42.5 Å². The van der Waals surface area contributed by atoms with Crippen LogP contribution in [0.25, 0.3) is 0 Å². The van der Waals surface area contributed by atoms with Gasteiger partial charge >= 0.3 is 12.1 Å². The topological polar surface area (TPSA) is 131 Å². The molecule has 0 bridgehead atoms. The lowest BCUT2D eigenvalue weighted by Crippen LogP contribution is -2.54. The minimum Gasteiger partial charge on any atom is -0.467 e. The summed E-state index contributed by atoms with van der Waals surface area (Å²) in [6, 6.07) is 7.03. The first-order chi connectivity index (χ1) is 17.8. The summed E-state index contributed by atoms with van der Waals surface area (Å²) in [4.78, 5) is 38.1. The van der Waals surface area contributed by atoms with Crippen molar-refractivity contribution in [3.63, 3.8) is 0 Å². The average Bonchev–Trinajstić information content (AvgIpc) is 2.88. The van der Waals surface area contributed by atoms with Gasteiger partial charge in [-0.2, -0.15) is 0 Å². The first-order valence-corrected chi connectivity index (χ1v) is 15.4. The number of amides is 2. The van der Waals surface area contributed by atoms with E-state index in [1.54, 1.807) is 0 Å². The van der Waals surface area contributed by atoms with Gasteiger partial charge in [-0.3, -0.25) is 4.79 Å². The molecular formula is C26H44N2O9Si. The van der Waals surface area contributed by atoms with E-state index in [9.17, 15) is 14.4 Å². The molecule has 0 radical (unpaired) electrons. The molecule has 2 amide bonds. The van der Waals surface area contributed by atoms with Gasteiger partial charge in [0.2, 0.25) is 5.91 Å². The highest BCUT2D eigenvalue weighted by atomic mass is 28.4. The molecule has 12 heteroatoms. The number of ether oxygens (including phenoxy) is 5. The minimum absolute atomic E-state index is 0.0254. The monoisotopic (exact) mass is 556 g/mol. The number of rotatable bonds is 16.